The Morgan fingerprint density at radius 2 is 1.71 bits per heavy atom. The van der Waals surface area contributed by atoms with Gasteiger partial charge >= 0.3 is 0 Å². The first-order valence-corrected chi connectivity index (χ1v) is 10.2. The highest BCUT2D eigenvalue weighted by Gasteiger charge is 2.20. The second-order valence-corrected chi connectivity index (χ2v) is 7.30. The molecule has 0 spiro atoms. The molecule has 2 heterocycles. The van der Waals surface area contributed by atoms with Crippen LogP contribution in [0, 0.1) is 6.92 Å². The zero-order valence-corrected chi connectivity index (χ0v) is 17.2. The summed E-state index contributed by atoms with van der Waals surface area (Å²) in [5.74, 6) is 2.36. The lowest BCUT2D eigenvalue weighted by atomic mass is 10.0. The minimum atomic E-state index is 0.467. The molecular formula is C22H32N4O2. The van der Waals surface area contributed by atoms with E-state index in [2.05, 4.69) is 33.4 Å². The van der Waals surface area contributed by atoms with Crippen molar-refractivity contribution in [3.05, 3.63) is 41.6 Å². The molecule has 0 radical (unpaired) electrons. The number of likely N-dealkylation sites (tertiary alicyclic amines) is 1. The highest BCUT2D eigenvalue weighted by atomic mass is 16.5. The van der Waals surface area contributed by atoms with E-state index in [9.17, 15) is 0 Å². The number of nitrogen functional groups attached to an aromatic ring is 1. The van der Waals surface area contributed by atoms with Gasteiger partial charge in [-0.1, -0.05) is 0 Å². The fourth-order valence-electron chi connectivity index (χ4n) is 3.62. The van der Waals surface area contributed by atoms with Crippen molar-refractivity contribution in [1.29, 1.82) is 0 Å². The molecule has 1 aliphatic rings. The SMILES string of the molecule is CCOc1cc(CN2CCC(Nc3cnc(N)c(C)c3)CC2)cc(OCC)c1. The molecular weight excluding hydrogens is 352 g/mol. The molecule has 152 valence electrons. The molecule has 3 rings (SSSR count). The summed E-state index contributed by atoms with van der Waals surface area (Å²) in [7, 11) is 0. The highest BCUT2D eigenvalue weighted by molar-refractivity contribution is 5.51. The van der Waals surface area contributed by atoms with Crippen LogP contribution in [0.2, 0.25) is 0 Å². The number of rotatable bonds is 8. The van der Waals surface area contributed by atoms with Crippen LogP contribution in [0.1, 0.15) is 37.8 Å². The number of anilines is 2. The van der Waals surface area contributed by atoms with Crippen molar-refractivity contribution < 1.29 is 9.47 Å². The van der Waals surface area contributed by atoms with Crippen LogP contribution in [0.5, 0.6) is 11.5 Å². The van der Waals surface area contributed by atoms with Crippen molar-refractivity contribution in [2.45, 2.75) is 46.2 Å². The molecule has 0 amide bonds. The molecule has 1 aromatic heterocycles. The second-order valence-electron chi connectivity index (χ2n) is 7.30. The third-order valence-corrected chi connectivity index (χ3v) is 5.05. The topological polar surface area (TPSA) is 72.6 Å². The molecule has 0 atom stereocenters. The molecule has 0 unspecified atom stereocenters. The van der Waals surface area contributed by atoms with E-state index in [0.717, 1.165) is 55.2 Å². The first-order chi connectivity index (χ1) is 13.6. The number of piperidine rings is 1. The normalized spacial score (nSPS) is 15.4. The van der Waals surface area contributed by atoms with Gasteiger partial charge in [-0.2, -0.15) is 0 Å². The maximum absolute atomic E-state index is 5.81. The van der Waals surface area contributed by atoms with Crippen molar-refractivity contribution in [3.8, 4) is 11.5 Å². The van der Waals surface area contributed by atoms with E-state index in [1.165, 1.54) is 5.56 Å². The maximum atomic E-state index is 5.81. The van der Waals surface area contributed by atoms with Crippen LogP contribution < -0.4 is 20.5 Å². The lowest BCUT2D eigenvalue weighted by Crippen LogP contribution is -2.38. The van der Waals surface area contributed by atoms with Gasteiger partial charge in [0, 0.05) is 31.7 Å². The van der Waals surface area contributed by atoms with Gasteiger partial charge in [-0.05, 0) is 62.9 Å². The molecule has 28 heavy (non-hydrogen) atoms. The predicted octanol–water partition coefficient (Wildman–Crippen LogP) is 3.85. The molecule has 1 aliphatic heterocycles. The molecule has 2 aromatic rings. The van der Waals surface area contributed by atoms with E-state index in [-0.39, 0.29) is 0 Å². The smallest absolute Gasteiger partial charge is 0.126 e. The number of aryl methyl sites for hydroxylation is 1. The van der Waals surface area contributed by atoms with Gasteiger partial charge < -0.3 is 20.5 Å². The van der Waals surface area contributed by atoms with E-state index in [1.54, 1.807) is 0 Å². The minimum Gasteiger partial charge on any atom is -0.494 e. The Hall–Kier alpha value is -2.47. The Balaban J connectivity index is 1.55. The van der Waals surface area contributed by atoms with Crippen LogP contribution in [-0.4, -0.2) is 42.2 Å². The maximum Gasteiger partial charge on any atom is 0.126 e. The minimum absolute atomic E-state index is 0.467. The van der Waals surface area contributed by atoms with Crippen LogP contribution in [0.15, 0.2) is 30.5 Å². The number of nitrogens with two attached hydrogens (primary N) is 1. The summed E-state index contributed by atoms with van der Waals surface area (Å²) in [4.78, 5) is 6.73. The summed E-state index contributed by atoms with van der Waals surface area (Å²) < 4.78 is 11.4. The first kappa shape index (κ1) is 20.3. The van der Waals surface area contributed by atoms with Gasteiger partial charge in [0.15, 0.2) is 0 Å². The standard InChI is InChI=1S/C22H32N4O2/c1-4-27-20-11-17(12-21(13-20)28-5-2)15-26-8-6-18(7-9-26)25-19-10-16(3)22(23)24-14-19/h10-14,18,25H,4-9,15H2,1-3H3,(H2,23,24). The van der Waals surface area contributed by atoms with Crippen molar-refractivity contribution in [3.63, 3.8) is 0 Å². The molecule has 1 aromatic carbocycles. The summed E-state index contributed by atoms with van der Waals surface area (Å²) in [5.41, 5.74) is 9.11. The van der Waals surface area contributed by atoms with Crippen molar-refractivity contribution in [1.82, 2.24) is 9.88 Å². The number of aromatic nitrogens is 1. The lowest BCUT2D eigenvalue weighted by Gasteiger charge is -2.33. The van der Waals surface area contributed by atoms with Gasteiger partial charge in [0.1, 0.15) is 17.3 Å². The summed E-state index contributed by atoms with van der Waals surface area (Å²) in [6.45, 7) is 10.3. The first-order valence-electron chi connectivity index (χ1n) is 10.2. The third kappa shape index (κ3) is 5.52. The number of nitrogens with one attached hydrogen (secondary N) is 1. The van der Waals surface area contributed by atoms with Crippen LogP contribution in [0.4, 0.5) is 11.5 Å². The van der Waals surface area contributed by atoms with E-state index in [0.29, 0.717) is 25.1 Å². The number of nitrogens with zero attached hydrogens (tertiary/aromatic N) is 2. The van der Waals surface area contributed by atoms with Crippen molar-refractivity contribution in [2.75, 3.05) is 37.4 Å². The number of hydrogen-bond acceptors (Lipinski definition) is 6. The molecule has 1 saturated heterocycles. The van der Waals surface area contributed by atoms with E-state index < -0.39 is 0 Å². The number of pyridine rings is 1. The summed E-state index contributed by atoms with van der Waals surface area (Å²) in [6, 6.07) is 8.76. The van der Waals surface area contributed by atoms with E-state index in [1.807, 2.05) is 33.0 Å². The van der Waals surface area contributed by atoms with Gasteiger partial charge in [0.05, 0.1) is 25.1 Å². The van der Waals surface area contributed by atoms with Crippen LogP contribution >= 0.6 is 0 Å². The van der Waals surface area contributed by atoms with E-state index >= 15 is 0 Å². The van der Waals surface area contributed by atoms with Gasteiger partial charge in [0.25, 0.3) is 0 Å². The van der Waals surface area contributed by atoms with Gasteiger partial charge in [-0.25, -0.2) is 4.98 Å². The Kier molecular flexibility index (Phi) is 6.98. The number of ether oxygens (including phenoxy) is 2. The molecule has 3 N–H and O–H groups in total. The van der Waals surface area contributed by atoms with Gasteiger partial charge in [0.2, 0.25) is 0 Å². The zero-order chi connectivity index (χ0) is 19.9. The highest BCUT2D eigenvalue weighted by Crippen LogP contribution is 2.26. The molecule has 0 bridgehead atoms. The average molecular weight is 385 g/mol. The largest absolute Gasteiger partial charge is 0.494 e. The summed E-state index contributed by atoms with van der Waals surface area (Å²) in [6.07, 6.45) is 4.03. The van der Waals surface area contributed by atoms with Crippen LogP contribution in [-0.2, 0) is 6.54 Å². The molecule has 6 nitrogen and oxygen atoms in total. The fraction of sp³-hybridized carbons (Fsp3) is 0.500. The fourth-order valence-corrected chi connectivity index (χ4v) is 3.62. The number of hydrogen-bond donors (Lipinski definition) is 2. The molecule has 0 aliphatic carbocycles. The second kappa shape index (κ2) is 9.64. The number of benzene rings is 1. The van der Waals surface area contributed by atoms with Gasteiger partial charge in [-0.15, -0.1) is 0 Å². The summed E-state index contributed by atoms with van der Waals surface area (Å²) in [5, 5.41) is 3.60. The van der Waals surface area contributed by atoms with Crippen LogP contribution in [0.25, 0.3) is 0 Å². The van der Waals surface area contributed by atoms with E-state index in [4.69, 9.17) is 15.2 Å². The van der Waals surface area contributed by atoms with Crippen molar-refractivity contribution in [2.24, 2.45) is 0 Å². The zero-order valence-electron chi connectivity index (χ0n) is 17.2. The van der Waals surface area contributed by atoms with Crippen molar-refractivity contribution >= 4 is 11.5 Å². The Morgan fingerprint density at radius 1 is 1.07 bits per heavy atom. The monoisotopic (exact) mass is 384 g/mol. The van der Waals surface area contributed by atoms with Crippen LogP contribution in [0.3, 0.4) is 0 Å². The van der Waals surface area contributed by atoms with Gasteiger partial charge in [-0.3, -0.25) is 4.90 Å². The average Bonchev–Trinajstić information content (AvgIpc) is 2.67. The Bertz CT molecular complexity index is 749. The molecule has 1 fully saturated rings. The molecule has 0 saturated carbocycles. The Morgan fingerprint density at radius 3 is 2.29 bits per heavy atom. The quantitative estimate of drug-likeness (QED) is 0.720. The predicted molar refractivity (Wildman–Crippen MR) is 114 cm³/mol. The Labute approximate surface area is 168 Å². The summed E-state index contributed by atoms with van der Waals surface area (Å²) >= 11 is 0. The molecule has 6 heteroatoms. The third-order valence-electron chi connectivity index (χ3n) is 5.05. The lowest BCUT2D eigenvalue weighted by molar-refractivity contribution is 0.210.